The van der Waals surface area contributed by atoms with Crippen molar-refractivity contribution in [2.75, 3.05) is 4.72 Å². The highest BCUT2D eigenvalue weighted by atomic mass is 32.2. The van der Waals surface area contributed by atoms with E-state index in [-0.39, 0.29) is 17.1 Å². The van der Waals surface area contributed by atoms with E-state index in [0.29, 0.717) is 0 Å². The van der Waals surface area contributed by atoms with E-state index in [0.717, 1.165) is 12.1 Å². The first-order valence-corrected chi connectivity index (χ1v) is 7.29. The molecule has 0 aliphatic heterocycles. The number of sulfonamides is 1. The number of nitrogens with one attached hydrogen (secondary N) is 3. The molecule has 0 fully saturated rings. The van der Waals surface area contributed by atoms with Crippen LogP contribution in [0.3, 0.4) is 0 Å². The summed E-state index contributed by atoms with van der Waals surface area (Å²) < 4.78 is 26.5. The highest BCUT2D eigenvalue weighted by Gasteiger charge is 2.22. The Hall–Kier alpha value is -2.95. The molecule has 0 saturated heterocycles. The van der Waals surface area contributed by atoms with Crippen molar-refractivity contribution in [3.05, 3.63) is 60.9 Å². The Labute approximate surface area is 123 Å². The van der Waals surface area contributed by atoms with Gasteiger partial charge in [0.15, 0.2) is 4.90 Å². The van der Waals surface area contributed by atoms with Crippen LogP contribution < -0.4 is 16.0 Å². The number of H-pyrrole nitrogens is 2. The van der Waals surface area contributed by atoms with E-state index in [1.54, 1.807) is 0 Å². The first-order chi connectivity index (χ1) is 10.2. The molecule has 0 bridgehead atoms. The summed E-state index contributed by atoms with van der Waals surface area (Å²) in [5.74, 6) is 0. The Morgan fingerprint density at radius 1 is 1.14 bits per heavy atom. The molecular weight excluding hydrogens is 316 g/mol. The van der Waals surface area contributed by atoms with Gasteiger partial charge >= 0.3 is 5.69 Å². The molecule has 2 aromatic rings. The summed E-state index contributed by atoms with van der Waals surface area (Å²) in [7, 11) is -4.26. The van der Waals surface area contributed by atoms with Gasteiger partial charge in [0.1, 0.15) is 0 Å². The predicted octanol–water partition coefficient (Wildman–Crippen LogP) is 0.0806. The van der Waals surface area contributed by atoms with Gasteiger partial charge in [-0.25, -0.2) is 13.2 Å². The fourth-order valence-corrected chi connectivity index (χ4v) is 3.07. The largest absolute Gasteiger partial charge is 0.325 e. The van der Waals surface area contributed by atoms with E-state index in [4.69, 9.17) is 0 Å². The summed E-state index contributed by atoms with van der Waals surface area (Å²) in [6, 6.07) is 4.60. The maximum atomic E-state index is 12.2. The quantitative estimate of drug-likeness (QED) is 0.533. The van der Waals surface area contributed by atoms with Gasteiger partial charge in [0, 0.05) is 23.5 Å². The van der Waals surface area contributed by atoms with E-state index in [2.05, 4.69) is 9.71 Å². The molecule has 22 heavy (non-hydrogen) atoms. The Balaban J connectivity index is 2.42. The van der Waals surface area contributed by atoms with Gasteiger partial charge in [0.05, 0.1) is 4.92 Å². The van der Waals surface area contributed by atoms with Gasteiger partial charge in [0.2, 0.25) is 0 Å². The monoisotopic (exact) mass is 326 g/mol. The van der Waals surface area contributed by atoms with Crippen LogP contribution in [0.1, 0.15) is 5.69 Å². The minimum atomic E-state index is -4.26. The van der Waals surface area contributed by atoms with Crippen molar-refractivity contribution in [1.29, 1.82) is 0 Å². The number of non-ortho nitro benzene ring substituents is 1. The number of benzene rings is 1. The van der Waals surface area contributed by atoms with Crippen LogP contribution in [0.5, 0.6) is 0 Å². The smallest absolute Gasteiger partial charge is 0.310 e. The minimum absolute atomic E-state index is 0.0376. The van der Waals surface area contributed by atoms with Gasteiger partial charge in [0.25, 0.3) is 21.3 Å². The predicted molar refractivity (Wildman–Crippen MR) is 76.3 cm³/mol. The van der Waals surface area contributed by atoms with Crippen LogP contribution in [0.2, 0.25) is 0 Å². The molecule has 0 atom stereocenters. The summed E-state index contributed by atoms with van der Waals surface area (Å²) in [5.41, 5.74) is -2.17. The van der Waals surface area contributed by atoms with Gasteiger partial charge in [-0.15, -0.1) is 0 Å². The molecule has 0 unspecified atom stereocenters. The number of nitrogens with zero attached hydrogens (tertiary/aromatic N) is 1. The lowest BCUT2D eigenvalue weighted by atomic mass is 10.3. The van der Waals surface area contributed by atoms with E-state index in [1.165, 1.54) is 19.1 Å². The van der Waals surface area contributed by atoms with Crippen LogP contribution in [0.4, 0.5) is 11.4 Å². The molecule has 1 heterocycles. The normalized spacial score (nSPS) is 11.1. The minimum Gasteiger partial charge on any atom is -0.310 e. The highest BCUT2D eigenvalue weighted by Crippen LogP contribution is 2.18. The molecule has 116 valence electrons. The summed E-state index contributed by atoms with van der Waals surface area (Å²) in [4.78, 5) is 36.0. The number of aryl methyl sites for hydroxylation is 1. The number of hydrogen-bond acceptors (Lipinski definition) is 6. The summed E-state index contributed by atoms with van der Waals surface area (Å²) in [6.45, 7) is 1.26. The van der Waals surface area contributed by atoms with Gasteiger partial charge in [-0.3, -0.25) is 24.6 Å². The Morgan fingerprint density at radius 3 is 2.23 bits per heavy atom. The topological polar surface area (TPSA) is 155 Å². The SMILES string of the molecule is Cc1[nH]c(=O)[nH]c(=O)c1S(=O)(=O)Nc1ccc([N+](=O)[O-])cc1. The molecule has 2 rings (SSSR count). The third kappa shape index (κ3) is 3.03. The van der Waals surface area contributed by atoms with Crippen LogP contribution >= 0.6 is 0 Å². The van der Waals surface area contributed by atoms with Crippen molar-refractivity contribution >= 4 is 21.4 Å². The van der Waals surface area contributed by atoms with Crippen molar-refractivity contribution in [3.63, 3.8) is 0 Å². The van der Waals surface area contributed by atoms with Gasteiger partial charge in [-0.05, 0) is 19.1 Å². The molecule has 11 heteroatoms. The number of nitro groups is 1. The van der Waals surface area contributed by atoms with Crippen molar-refractivity contribution in [2.24, 2.45) is 0 Å². The fourth-order valence-electron chi connectivity index (χ4n) is 1.77. The maximum Gasteiger partial charge on any atom is 0.325 e. The highest BCUT2D eigenvalue weighted by molar-refractivity contribution is 7.92. The second-order valence-electron chi connectivity index (χ2n) is 4.27. The van der Waals surface area contributed by atoms with Crippen LogP contribution in [0.25, 0.3) is 0 Å². The molecule has 1 aromatic carbocycles. The molecule has 1 aromatic heterocycles. The Bertz CT molecular complexity index is 942. The van der Waals surface area contributed by atoms with Crippen LogP contribution in [0, 0.1) is 17.0 Å². The molecule has 10 nitrogen and oxygen atoms in total. The van der Waals surface area contributed by atoms with Crippen LogP contribution in [-0.2, 0) is 10.0 Å². The average molecular weight is 326 g/mol. The number of nitro benzene ring substituents is 1. The number of hydrogen-bond donors (Lipinski definition) is 3. The lowest BCUT2D eigenvalue weighted by Crippen LogP contribution is -2.31. The second-order valence-corrected chi connectivity index (χ2v) is 5.89. The first-order valence-electron chi connectivity index (χ1n) is 5.81. The molecule has 0 amide bonds. The summed E-state index contributed by atoms with van der Waals surface area (Å²) in [5, 5.41) is 10.5. The van der Waals surface area contributed by atoms with E-state index < -0.39 is 31.1 Å². The molecule has 3 N–H and O–H groups in total. The van der Waals surface area contributed by atoms with Gasteiger partial charge in [-0.1, -0.05) is 0 Å². The standard InChI is InChI=1S/C11H10N4O6S/c1-6-9(10(16)13-11(17)12-6)22(20,21)14-7-2-4-8(5-3-7)15(18)19/h2-5,14H,1H3,(H2,12,13,16,17). The zero-order valence-corrected chi connectivity index (χ0v) is 11.9. The zero-order chi connectivity index (χ0) is 16.5. The number of anilines is 1. The lowest BCUT2D eigenvalue weighted by Gasteiger charge is -2.08. The molecule has 0 radical (unpaired) electrons. The van der Waals surface area contributed by atoms with Crippen molar-refractivity contribution in [1.82, 2.24) is 9.97 Å². The van der Waals surface area contributed by atoms with Crippen LogP contribution in [-0.4, -0.2) is 23.3 Å². The van der Waals surface area contributed by atoms with E-state index in [1.807, 2.05) is 4.98 Å². The molecule has 0 saturated carbocycles. The Morgan fingerprint density at radius 2 is 1.73 bits per heavy atom. The van der Waals surface area contributed by atoms with Gasteiger partial charge < -0.3 is 4.98 Å². The van der Waals surface area contributed by atoms with Gasteiger partial charge in [-0.2, -0.15) is 0 Å². The zero-order valence-electron chi connectivity index (χ0n) is 11.1. The molecule has 0 aliphatic carbocycles. The van der Waals surface area contributed by atoms with E-state index >= 15 is 0 Å². The molecule has 0 aliphatic rings. The number of aromatic amines is 2. The van der Waals surface area contributed by atoms with Crippen molar-refractivity contribution < 1.29 is 13.3 Å². The number of rotatable bonds is 4. The first kappa shape index (κ1) is 15.4. The third-order valence-electron chi connectivity index (χ3n) is 2.67. The number of aromatic nitrogens is 2. The van der Waals surface area contributed by atoms with Crippen molar-refractivity contribution in [3.8, 4) is 0 Å². The Kier molecular flexibility index (Phi) is 3.82. The third-order valence-corrected chi connectivity index (χ3v) is 4.21. The van der Waals surface area contributed by atoms with Crippen LogP contribution in [0.15, 0.2) is 38.8 Å². The summed E-state index contributed by atoms with van der Waals surface area (Å²) in [6.07, 6.45) is 0. The van der Waals surface area contributed by atoms with E-state index in [9.17, 15) is 28.1 Å². The average Bonchev–Trinajstić information content (AvgIpc) is 2.36. The maximum absolute atomic E-state index is 12.2. The fraction of sp³-hybridized carbons (Fsp3) is 0.0909. The molecular formula is C11H10N4O6S. The van der Waals surface area contributed by atoms with Crippen molar-refractivity contribution in [2.45, 2.75) is 11.8 Å². The molecule has 0 spiro atoms. The second kappa shape index (κ2) is 5.44. The lowest BCUT2D eigenvalue weighted by molar-refractivity contribution is -0.384. The summed E-state index contributed by atoms with van der Waals surface area (Å²) >= 11 is 0.